The number of hydrogen-bond donors (Lipinski definition) is 2. The van der Waals surface area contributed by atoms with Crippen LogP contribution in [-0.2, 0) is 0 Å². The van der Waals surface area contributed by atoms with E-state index in [2.05, 4.69) is 21.0 Å². The van der Waals surface area contributed by atoms with E-state index in [4.69, 9.17) is 23.2 Å². The number of rotatable bonds is 4. The van der Waals surface area contributed by atoms with Crippen molar-refractivity contribution >= 4 is 52.8 Å². The number of anilines is 2. The molecule has 3 N–H and O–H groups in total. The minimum atomic E-state index is 0.189. The number of nitrogens with zero attached hydrogens (tertiary/aromatic N) is 2. The van der Waals surface area contributed by atoms with Crippen LogP contribution < -0.4 is 11.1 Å². The highest BCUT2D eigenvalue weighted by Gasteiger charge is 2.08. The predicted molar refractivity (Wildman–Crippen MR) is 89.1 cm³/mol. The number of benzene rings is 1. The molecule has 5 nitrogen and oxygen atoms in total. The van der Waals surface area contributed by atoms with Gasteiger partial charge in [-0.25, -0.2) is 9.97 Å². The van der Waals surface area contributed by atoms with E-state index in [-0.39, 0.29) is 10.8 Å². The van der Waals surface area contributed by atoms with Crippen LogP contribution in [0.3, 0.4) is 0 Å². The highest BCUT2D eigenvalue weighted by atomic mass is 35.5. The van der Waals surface area contributed by atoms with E-state index in [0.29, 0.717) is 22.8 Å². The summed E-state index contributed by atoms with van der Waals surface area (Å²) < 4.78 is 0. The summed E-state index contributed by atoms with van der Waals surface area (Å²) >= 11 is 13.4. The van der Waals surface area contributed by atoms with Gasteiger partial charge in [0.1, 0.15) is 10.8 Å². The monoisotopic (exact) mass is 344 g/mol. The Hall–Kier alpha value is -1.34. The number of nitrogens with one attached hydrogen (secondary N) is 1. The molecule has 0 aliphatic heterocycles. The van der Waals surface area contributed by atoms with Crippen LogP contribution in [0.4, 0.5) is 11.5 Å². The lowest BCUT2D eigenvalue weighted by molar-refractivity contribution is 0.111. The van der Waals surface area contributed by atoms with Crippen LogP contribution in [-0.4, -0.2) is 29.6 Å². The zero-order valence-electron chi connectivity index (χ0n) is 11.4. The fourth-order valence-electron chi connectivity index (χ4n) is 1.44. The largest absolute Gasteiger partial charge is 0.338 e. The average Bonchev–Trinajstić information content (AvgIpc) is 2.50. The molecule has 0 spiro atoms. The highest BCUT2D eigenvalue weighted by molar-refractivity contribution is 7.98. The Labute approximate surface area is 137 Å². The second-order valence-corrected chi connectivity index (χ2v) is 5.16. The maximum absolute atomic E-state index is 10.9. The minimum absolute atomic E-state index is 0.189. The van der Waals surface area contributed by atoms with Crippen molar-refractivity contribution in [2.75, 3.05) is 18.6 Å². The SMILES string of the molecule is CN.CSc1ccc(Nc2nc(Cl)cnc2C=O)cc1Cl. The number of carbonyl (C=O) groups is 1. The number of carbonyl (C=O) groups excluding carboxylic acids is 1. The van der Waals surface area contributed by atoms with Crippen molar-refractivity contribution in [2.45, 2.75) is 4.90 Å². The van der Waals surface area contributed by atoms with Gasteiger partial charge in [-0.2, -0.15) is 0 Å². The second-order valence-electron chi connectivity index (χ2n) is 3.52. The Bertz CT molecular complexity index is 625. The molecule has 1 aromatic carbocycles. The molecule has 1 aromatic heterocycles. The summed E-state index contributed by atoms with van der Waals surface area (Å²) in [5, 5.41) is 3.81. The van der Waals surface area contributed by atoms with Crippen LogP contribution in [0.5, 0.6) is 0 Å². The molecule has 0 saturated heterocycles. The third-order valence-electron chi connectivity index (χ3n) is 2.30. The molecular formula is C13H14Cl2N4OS. The van der Waals surface area contributed by atoms with Crippen LogP contribution >= 0.6 is 35.0 Å². The van der Waals surface area contributed by atoms with Crippen molar-refractivity contribution in [3.8, 4) is 0 Å². The molecular weight excluding hydrogens is 331 g/mol. The van der Waals surface area contributed by atoms with E-state index >= 15 is 0 Å². The van der Waals surface area contributed by atoms with Crippen LogP contribution in [0, 0.1) is 0 Å². The number of halogens is 2. The lowest BCUT2D eigenvalue weighted by atomic mass is 10.3. The maximum Gasteiger partial charge on any atom is 0.172 e. The Morgan fingerprint density at radius 2 is 2.05 bits per heavy atom. The minimum Gasteiger partial charge on any atom is -0.338 e. The van der Waals surface area contributed by atoms with Gasteiger partial charge in [0.2, 0.25) is 0 Å². The van der Waals surface area contributed by atoms with Crippen molar-refractivity contribution in [1.82, 2.24) is 9.97 Å². The van der Waals surface area contributed by atoms with Gasteiger partial charge < -0.3 is 11.1 Å². The first-order valence-corrected chi connectivity index (χ1v) is 7.78. The lowest BCUT2D eigenvalue weighted by Gasteiger charge is -2.09. The van der Waals surface area contributed by atoms with Crippen molar-refractivity contribution in [3.63, 3.8) is 0 Å². The smallest absolute Gasteiger partial charge is 0.172 e. The summed E-state index contributed by atoms with van der Waals surface area (Å²) in [7, 11) is 1.50. The van der Waals surface area contributed by atoms with E-state index in [1.54, 1.807) is 17.8 Å². The zero-order valence-corrected chi connectivity index (χ0v) is 13.8. The van der Waals surface area contributed by atoms with Gasteiger partial charge in [0, 0.05) is 10.6 Å². The van der Waals surface area contributed by atoms with Gasteiger partial charge in [0.05, 0.1) is 11.2 Å². The number of aldehydes is 1. The quantitative estimate of drug-likeness (QED) is 0.650. The van der Waals surface area contributed by atoms with Gasteiger partial charge in [-0.05, 0) is 31.5 Å². The number of hydrogen-bond acceptors (Lipinski definition) is 6. The van der Waals surface area contributed by atoms with Crippen molar-refractivity contribution < 1.29 is 4.79 Å². The summed E-state index contributed by atoms with van der Waals surface area (Å²) in [6.45, 7) is 0. The fraction of sp³-hybridized carbons (Fsp3) is 0.154. The standard InChI is InChI=1S/C12H9Cl2N3OS.CH5N/c1-19-10-3-2-7(4-8(10)13)16-12-9(6-18)15-5-11(14)17-12;1-2/h2-6H,1H3,(H,16,17);2H2,1H3. The second kappa shape index (κ2) is 8.84. The zero-order chi connectivity index (χ0) is 15.8. The topological polar surface area (TPSA) is 80.9 Å². The molecule has 0 unspecified atom stereocenters. The fourth-order valence-corrected chi connectivity index (χ4v) is 2.44. The van der Waals surface area contributed by atoms with Crippen molar-refractivity contribution in [3.05, 3.63) is 40.3 Å². The summed E-state index contributed by atoms with van der Waals surface area (Å²) in [5.74, 6) is 0.301. The molecule has 0 radical (unpaired) electrons. The molecule has 0 atom stereocenters. The number of aromatic nitrogens is 2. The summed E-state index contributed by atoms with van der Waals surface area (Å²) in [6.07, 6.45) is 3.88. The van der Waals surface area contributed by atoms with E-state index in [1.165, 1.54) is 13.2 Å². The van der Waals surface area contributed by atoms with E-state index < -0.39 is 0 Å². The lowest BCUT2D eigenvalue weighted by Crippen LogP contribution is -2.01. The Morgan fingerprint density at radius 3 is 2.62 bits per heavy atom. The van der Waals surface area contributed by atoms with Gasteiger partial charge in [0.15, 0.2) is 12.1 Å². The van der Waals surface area contributed by atoms with Gasteiger partial charge in [-0.15, -0.1) is 11.8 Å². The predicted octanol–water partition coefficient (Wildman–Crippen LogP) is 3.64. The maximum atomic E-state index is 10.9. The molecule has 2 aromatic rings. The molecule has 0 saturated carbocycles. The van der Waals surface area contributed by atoms with Gasteiger partial charge in [0.25, 0.3) is 0 Å². The molecule has 21 heavy (non-hydrogen) atoms. The summed E-state index contributed by atoms with van der Waals surface area (Å²) in [5.41, 5.74) is 5.40. The van der Waals surface area contributed by atoms with Gasteiger partial charge >= 0.3 is 0 Å². The van der Waals surface area contributed by atoms with Gasteiger partial charge in [-0.1, -0.05) is 23.2 Å². The average molecular weight is 345 g/mol. The van der Waals surface area contributed by atoms with E-state index in [1.807, 2.05) is 18.4 Å². The molecule has 0 bridgehead atoms. The molecule has 2 rings (SSSR count). The Balaban J connectivity index is 0.00000106. The first-order valence-electron chi connectivity index (χ1n) is 5.80. The molecule has 0 fully saturated rings. The number of thioether (sulfide) groups is 1. The molecule has 0 aliphatic rings. The van der Waals surface area contributed by atoms with Crippen molar-refractivity contribution in [1.29, 1.82) is 0 Å². The number of nitrogens with two attached hydrogens (primary N) is 1. The van der Waals surface area contributed by atoms with Crippen LogP contribution in [0.15, 0.2) is 29.3 Å². The Kier molecular flexibility index (Phi) is 7.45. The van der Waals surface area contributed by atoms with Crippen LogP contribution in [0.1, 0.15) is 10.5 Å². The third-order valence-corrected chi connectivity index (χ3v) is 3.70. The molecule has 0 amide bonds. The van der Waals surface area contributed by atoms with Crippen LogP contribution in [0.25, 0.3) is 0 Å². The van der Waals surface area contributed by atoms with E-state index in [0.717, 1.165) is 4.90 Å². The first-order chi connectivity index (χ1) is 10.1. The van der Waals surface area contributed by atoms with Crippen molar-refractivity contribution in [2.24, 2.45) is 5.73 Å². The summed E-state index contributed by atoms with van der Waals surface area (Å²) in [4.78, 5) is 19.8. The molecule has 1 heterocycles. The first kappa shape index (κ1) is 17.7. The van der Waals surface area contributed by atoms with E-state index in [9.17, 15) is 4.79 Å². The molecule has 0 aliphatic carbocycles. The molecule has 112 valence electrons. The third kappa shape index (κ3) is 4.86. The van der Waals surface area contributed by atoms with Crippen LogP contribution in [0.2, 0.25) is 10.2 Å². The summed E-state index contributed by atoms with van der Waals surface area (Å²) in [6, 6.07) is 5.48. The highest BCUT2D eigenvalue weighted by Crippen LogP contribution is 2.29. The molecule has 8 heteroatoms. The normalized spacial score (nSPS) is 9.57. The Morgan fingerprint density at radius 1 is 1.33 bits per heavy atom. The van der Waals surface area contributed by atoms with Gasteiger partial charge in [-0.3, -0.25) is 4.79 Å².